The predicted octanol–water partition coefficient (Wildman–Crippen LogP) is 4.39. The highest BCUT2D eigenvalue weighted by atomic mass is 19.1. The lowest BCUT2D eigenvalue weighted by molar-refractivity contribution is -0.149. The second kappa shape index (κ2) is 8.38. The molecule has 0 radical (unpaired) electrons. The van der Waals surface area contributed by atoms with Crippen LogP contribution in [0.4, 0.5) is 4.39 Å². The summed E-state index contributed by atoms with van der Waals surface area (Å²) in [4.78, 5) is 30.7. The Balaban J connectivity index is 1.54. The molecule has 2 aliphatic rings. The van der Waals surface area contributed by atoms with Gasteiger partial charge < -0.3 is 14.4 Å². The number of nitrogens with zero attached hydrogens (tertiary/aromatic N) is 2. The maximum atomic E-state index is 14.4. The summed E-state index contributed by atoms with van der Waals surface area (Å²) in [5, 5.41) is 12.3. The topological polar surface area (TPSA) is 81.4 Å². The molecule has 1 atom stereocenters. The first-order valence-electron chi connectivity index (χ1n) is 12.2. The number of hydrogen-bond donors (Lipinski definition) is 1. The van der Waals surface area contributed by atoms with Crippen LogP contribution >= 0.6 is 0 Å². The minimum Gasteiger partial charge on any atom is -0.460 e. The highest BCUT2D eigenvalue weighted by molar-refractivity contribution is 5.88. The molecule has 0 saturated carbocycles. The van der Waals surface area contributed by atoms with Crippen molar-refractivity contribution >= 4 is 16.9 Å². The minimum absolute atomic E-state index is 0.165. The number of para-hydroxylation sites is 1. The number of carbonyl (C=O) groups is 1. The first-order chi connectivity index (χ1) is 17.4. The normalized spacial score (nSPS) is 18.4. The average molecular weight is 485 g/mol. The fourth-order valence-electron chi connectivity index (χ4n) is 5.56. The molecule has 0 amide bonds. The minimum atomic E-state index is -1.48. The van der Waals surface area contributed by atoms with E-state index in [-0.39, 0.29) is 30.8 Å². The summed E-state index contributed by atoms with van der Waals surface area (Å²) in [6.45, 7) is 1.94. The van der Waals surface area contributed by atoms with Crippen LogP contribution in [0.1, 0.15) is 47.6 Å². The van der Waals surface area contributed by atoms with Crippen molar-refractivity contribution in [2.24, 2.45) is 0 Å². The van der Waals surface area contributed by atoms with E-state index in [2.05, 4.69) is 0 Å². The van der Waals surface area contributed by atoms with Gasteiger partial charge in [0.25, 0.3) is 5.56 Å². The lowest BCUT2D eigenvalue weighted by atomic mass is 9.85. The Hall–Kier alpha value is -3.84. The highest BCUT2D eigenvalue weighted by Crippen LogP contribution is 2.40. The van der Waals surface area contributed by atoms with E-state index >= 15 is 0 Å². The Bertz CT molecular complexity index is 1610. The number of rotatable bonds is 4. The Morgan fingerprint density at radius 2 is 1.86 bits per heavy atom. The fourth-order valence-corrected chi connectivity index (χ4v) is 5.56. The number of fused-ring (bicyclic) bond motifs is 5. The van der Waals surface area contributed by atoms with Gasteiger partial charge >= 0.3 is 5.97 Å². The molecule has 0 aliphatic carbocycles. The number of benzene rings is 2. The number of aliphatic hydroxyl groups is 1. The maximum absolute atomic E-state index is 14.4. The summed E-state index contributed by atoms with van der Waals surface area (Å²) >= 11 is 0. The third kappa shape index (κ3) is 3.45. The average Bonchev–Trinajstić information content (AvgIpc) is 3.18. The lowest BCUT2D eigenvalue weighted by Gasteiger charge is -2.26. The van der Waals surface area contributed by atoms with E-state index in [1.54, 1.807) is 29.7 Å². The second-order valence-corrected chi connectivity index (χ2v) is 9.56. The number of carbonyl (C=O) groups excluding carboxylic acids is 1. The predicted molar refractivity (Wildman–Crippen MR) is 133 cm³/mol. The van der Waals surface area contributed by atoms with Crippen LogP contribution in [-0.2, 0) is 41.1 Å². The monoisotopic (exact) mass is 484 g/mol. The van der Waals surface area contributed by atoms with E-state index in [4.69, 9.17) is 9.72 Å². The number of hydrogen-bond acceptors (Lipinski definition) is 5. The summed E-state index contributed by atoms with van der Waals surface area (Å²) in [7, 11) is 0. The SMILES string of the molecule is CCC1(O)CC(=O)OCc2c1cc1n(c2=O)Cc2c-1nc1ccccc1c2CCc1ccccc1F. The van der Waals surface area contributed by atoms with E-state index in [1.807, 2.05) is 30.3 Å². The number of halogens is 1. The van der Waals surface area contributed by atoms with Crippen LogP contribution in [0.2, 0.25) is 0 Å². The molecule has 0 saturated heterocycles. The van der Waals surface area contributed by atoms with Gasteiger partial charge in [-0.05, 0) is 54.2 Å². The number of ether oxygens (including phenoxy) is 1. The van der Waals surface area contributed by atoms with Crippen LogP contribution in [0, 0.1) is 5.82 Å². The van der Waals surface area contributed by atoms with Crippen LogP contribution in [-0.4, -0.2) is 20.6 Å². The highest BCUT2D eigenvalue weighted by Gasteiger charge is 2.39. The Kier molecular flexibility index (Phi) is 5.26. The molecule has 0 bridgehead atoms. The zero-order chi connectivity index (χ0) is 25.0. The van der Waals surface area contributed by atoms with E-state index in [0.717, 1.165) is 22.0 Å². The van der Waals surface area contributed by atoms with Crippen molar-refractivity contribution in [3.8, 4) is 11.4 Å². The molecule has 182 valence electrons. The van der Waals surface area contributed by atoms with Crippen molar-refractivity contribution in [3.05, 3.63) is 98.6 Å². The standard InChI is InChI=1S/C29H25FN2O4/c1-2-29(35)14-26(33)36-16-21-22(29)13-25-27-20(15-32(25)28(21)34)18(19-8-4-6-10-24(19)31-27)12-11-17-7-3-5-9-23(17)30/h3-10,13,35H,2,11-12,14-16H2,1H3. The van der Waals surface area contributed by atoms with Crippen LogP contribution < -0.4 is 5.56 Å². The van der Waals surface area contributed by atoms with Gasteiger partial charge in [0.05, 0.1) is 35.4 Å². The van der Waals surface area contributed by atoms with Gasteiger partial charge in [-0.25, -0.2) is 9.37 Å². The number of cyclic esters (lactones) is 1. The molecule has 1 unspecified atom stereocenters. The first-order valence-corrected chi connectivity index (χ1v) is 12.2. The molecule has 2 aromatic heterocycles. The molecule has 6 nitrogen and oxygen atoms in total. The number of pyridine rings is 2. The zero-order valence-corrected chi connectivity index (χ0v) is 19.9. The molecule has 7 heteroatoms. The summed E-state index contributed by atoms with van der Waals surface area (Å²) < 4.78 is 21.3. The number of esters is 1. The molecule has 0 spiro atoms. The Morgan fingerprint density at radius 3 is 2.67 bits per heavy atom. The molecule has 2 aliphatic heterocycles. The van der Waals surface area contributed by atoms with Crippen molar-refractivity contribution < 1.29 is 19.0 Å². The Morgan fingerprint density at radius 1 is 1.08 bits per heavy atom. The smallest absolute Gasteiger partial charge is 0.309 e. The summed E-state index contributed by atoms with van der Waals surface area (Å²) in [6.07, 6.45) is 1.17. The number of aromatic nitrogens is 2. The van der Waals surface area contributed by atoms with Gasteiger partial charge in [-0.3, -0.25) is 9.59 Å². The molecule has 6 rings (SSSR count). The summed E-state index contributed by atoms with van der Waals surface area (Å²) in [5.41, 5.74) is 3.67. The quantitative estimate of drug-likeness (QED) is 0.383. The largest absolute Gasteiger partial charge is 0.460 e. The van der Waals surface area contributed by atoms with Crippen LogP contribution in [0.15, 0.2) is 59.4 Å². The molecule has 0 fully saturated rings. The fraction of sp³-hybridized carbons (Fsp3) is 0.276. The van der Waals surface area contributed by atoms with E-state index in [0.29, 0.717) is 47.5 Å². The molecule has 36 heavy (non-hydrogen) atoms. The number of aryl methyl sites for hydroxylation is 2. The van der Waals surface area contributed by atoms with E-state index in [1.165, 1.54) is 6.07 Å². The molecule has 1 N–H and O–H groups in total. The van der Waals surface area contributed by atoms with Crippen molar-refractivity contribution in [3.63, 3.8) is 0 Å². The van der Waals surface area contributed by atoms with Crippen molar-refractivity contribution in [1.82, 2.24) is 9.55 Å². The molecule has 4 aromatic rings. The lowest BCUT2D eigenvalue weighted by Crippen LogP contribution is -2.32. The molecular weight excluding hydrogens is 459 g/mol. The van der Waals surface area contributed by atoms with Crippen LogP contribution in [0.3, 0.4) is 0 Å². The van der Waals surface area contributed by atoms with Crippen LogP contribution in [0.5, 0.6) is 0 Å². The molecule has 4 heterocycles. The maximum Gasteiger partial charge on any atom is 0.309 e. The van der Waals surface area contributed by atoms with Crippen LogP contribution in [0.25, 0.3) is 22.3 Å². The van der Waals surface area contributed by atoms with Gasteiger partial charge in [0, 0.05) is 10.9 Å². The van der Waals surface area contributed by atoms with Gasteiger partial charge in [0.1, 0.15) is 18.0 Å². The third-order valence-electron chi connectivity index (χ3n) is 7.57. The van der Waals surface area contributed by atoms with Gasteiger partial charge in [0.2, 0.25) is 0 Å². The Labute approximate surface area is 207 Å². The first kappa shape index (κ1) is 22.6. The van der Waals surface area contributed by atoms with Gasteiger partial charge in [0.15, 0.2) is 0 Å². The second-order valence-electron chi connectivity index (χ2n) is 9.56. The van der Waals surface area contributed by atoms with Gasteiger partial charge in [-0.2, -0.15) is 0 Å². The molecule has 2 aromatic carbocycles. The third-order valence-corrected chi connectivity index (χ3v) is 7.57. The van der Waals surface area contributed by atoms with E-state index in [9.17, 15) is 19.1 Å². The van der Waals surface area contributed by atoms with E-state index < -0.39 is 11.6 Å². The summed E-state index contributed by atoms with van der Waals surface area (Å²) in [6, 6.07) is 16.4. The van der Waals surface area contributed by atoms with Crippen molar-refractivity contribution in [1.29, 1.82) is 0 Å². The van der Waals surface area contributed by atoms with Gasteiger partial charge in [-0.1, -0.05) is 43.3 Å². The van der Waals surface area contributed by atoms with Crippen molar-refractivity contribution in [2.75, 3.05) is 0 Å². The zero-order valence-electron chi connectivity index (χ0n) is 19.9. The summed E-state index contributed by atoms with van der Waals surface area (Å²) in [5.74, 6) is -0.760. The van der Waals surface area contributed by atoms with Gasteiger partial charge in [-0.15, -0.1) is 0 Å². The molecular formula is C29H25FN2O4. The van der Waals surface area contributed by atoms with Crippen molar-refractivity contribution in [2.45, 2.75) is 51.4 Å².